The molecule has 1 aliphatic rings. The third-order valence-corrected chi connectivity index (χ3v) is 7.34. The number of esters is 1. The van der Waals surface area contributed by atoms with Crippen LogP contribution in [0.15, 0.2) is 47.4 Å². The van der Waals surface area contributed by atoms with E-state index in [2.05, 4.69) is 5.32 Å². The Morgan fingerprint density at radius 2 is 1.73 bits per heavy atom. The Morgan fingerprint density at radius 3 is 2.40 bits per heavy atom. The quantitative estimate of drug-likeness (QED) is 0.736. The first-order valence-electron chi connectivity index (χ1n) is 9.79. The van der Waals surface area contributed by atoms with Crippen molar-refractivity contribution in [3.63, 3.8) is 0 Å². The van der Waals surface area contributed by atoms with Gasteiger partial charge in [0.05, 0.1) is 17.6 Å². The highest BCUT2D eigenvalue weighted by atomic mass is 32.2. The van der Waals surface area contributed by atoms with Crippen molar-refractivity contribution >= 4 is 27.6 Å². The first-order chi connectivity index (χ1) is 14.2. The van der Waals surface area contributed by atoms with Gasteiger partial charge >= 0.3 is 5.97 Å². The van der Waals surface area contributed by atoms with Crippen molar-refractivity contribution in [2.75, 3.05) is 25.5 Å². The molecule has 0 atom stereocenters. The van der Waals surface area contributed by atoms with E-state index in [9.17, 15) is 18.0 Å². The smallest absolute Gasteiger partial charge is 0.339 e. The summed E-state index contributed by atoms with van der Waals surface area (Å²) in [5, 5.41) is 2.97. The molecule has 1 fully saturated rings. The van der Waals surface area contributed by atoms with Gasteiger partial charge in [-0.15, -0.1) is 0 Å². The zero-order valence-corrected chi connectivity index (χ0v) is 18.2. The van der Waals surface area contributed by atoms with Gasteiger partial charge in [0, 0.05) is 24.7 Å². The normalized spacial score (nSPS) is 15.6. The lowest BCUT2D eigenvalue weighted by molar-refractivity contribution is -0.120. The van der Waals surface area contributed by atoms with Crippen molar-refractivity contribution in [2.24, 2.45) is 5.92 Å². The molecule has 7 nitrogen and oxygen atoms in total. The van der Waals surface area contributed by atoms with Crippen LogP contribution in [0.2, 0.25) is 0 Å². The molecule has 2 aromatic rings. The third kappa shape index (κ3) is 4.55. The molecule has 0 aromatic heterocycles. The van der Waals surface area contributed by atoms with Crippen LogP contribution in [0.4, 0.5) is 5.69 Å². The molecule has 2 aromatic carbocycles. The lowest BCUT2D eigenvalue weighted by atomic mass is 9.97. The van der Waals surface area contributed by atoms with E-state index in [1.54, 1.807) is 12.1 Å². The summed E-state index contributed by atoms with van der Waals surface area (Å²) in [7, 11) is -2.65. The van der Waals surface area contributed by atoms with Crippen LogP contribution < -0.4 is 5.32 Å². The Balaban J connectivity index is 1.70. The summed E-state index contributed by atoms with van der Waals surface area (Å²) in [6.07, 6.45) is 0.826. The van der Waals surface area contributed by atoms with Crippen molar-refractivity contribution in [3.05, 3.63) is 59.2 Å². The van der Waals surface area contributed by atoms with Gasteiger partial charge in [-0.1, -0.05) is 24.3 Å². The van der Waals surface area contributed by atoms with E-state index in [1.807, 2.05) is 32.0 Å². The van der Waals surface area contributed by atoms with Crippen molar-refractivity contribution in [2.45, 2.75) is 31.6 Å². The van der Waals surface area contributed by atoms with Crippen LogP contribution in [0.5, 0.6) is 0 Å². The van der Waals surface area contributed by atoms with Gasteiger partial charge in [0.25, 0.3) is 0 Å². The van der Waals surface area contributed by atoms with Gasteiger partial charge in [-0.3, -0.25) is 4.79 Å². The first kappa shape index (κ1) is 22.0. The topological polar surface area (TPSA) is 92.8 Å². The summed E-state index contributed by atoms with van der Waals surface area (Å²) in [5.41, 5.74) is 2.83. The van der Waals surface area contributed by atoms with Crippen LogP contribution in [0.1, 0.15) is 34.3 Å². The highest BCUT2D eigenvalue weighted by molar-refractivity contribution is 7.89. The predicted octanol–water partition coefficient (Wildman–Crippen LogP) is 3.13. The Kier molecular flexibility index (Phi) is 6.58. The van der Waals surface area contributed by atoms with Crippen molar-refractivity contribution in [1.29, 1.82) is 0 Å². The summed E-state index contributed by atoms with van der Waals surface area (Å²) in [6, 6.07) is 11.9. The van der Waals surface area contributed by atoms with E-state index in [1.165, 1.54) is 23.5 Å². The molecule has 1 heterocycles. The zero-order chi connectivity index (χ0) is 21.9. The largest absolute Gasteiger partial charge is 0.465 e. The lowest BCUT2D eigenvalue weighted by Crippen LogP contribution is -2.41. The van der Waals surface area contributed by atoms with Gasteiger partial charge in [0.2, 0.25) is 15.9 Å². The second kappa shape index (κ2) is 8.97. The zero-order valence-electron chi connectivity index (χ0n) is 17.3. The monoisotopic (exact) mass is 430 g/mol. The van der Waals surface area contributed by atoms with Crippen LogP contribution in [-0.4, -0.2) is 44.8 Å². The van der Waals surface area contributed by atoms with Crippen LogP contribution >= 0.6 is 0 Å². The van der Waals surface area contributed by atoms with E-state index in [-0.39, 0.29) is 35.4 Å². The molecule has 0 aliphatic carbocycles. The molecule has 30 heavy (non-hydrogen) atoms. The maximum Gasteiger partial charge on any atom is 0.339 e. The number of methoxy groups -OCH3 is 1. The molecule has 0 spiro atoms. The molecule has 1 aliphatic heterocycles. The van der Waals surface area contributed by atoms with E-state index in [0.29, 0.717) is 12.8 Å². The van der Waals surface area contributed by atoms with Gasteiger partial charge in [-0.25, -0.2) is 13.2 Å². The second-order valence-corrected chi connectivity index (χ2v) is 9.38. The molecular formula is C22H26N2O5S. The summed E-state index contributed by atoms with van der Waals surface area (Å²) >= 11 is 0. The molecule has 160 valence electrons. The molecule has 0 bridgehead atoms. The van der Waals surface area contributed by atoms with Crippen molar-refractivity contribution in [3.8, 4) is 0 Å². The first-order valence-corrected chi connectivity index (χ1v) is 11.2. The number of hydrogen-bond donors (Lipinski definition) is 1. The fourth-order valence-electron chi connectivity index (χ4n) is 3.57. The molecule has 0 radical (unpaired) electrons. The minimum Gasteiger partial charge on any atom is -0.465 e. The van der Waals surface area contributed by atoms with Crippen LogP contribution in [0, 0.1) is 19.8 Å². The molecule has 0 unspecified atom stereocenters. The highest BCUT2D eigenvalue weighted by Gasteiger charge is 2.34. The summed E-state index contributed by atoms with van der Waals surface area (Å²) in [5.74, 6) is -1.07. The van der Waals surface area contributed by atoms with Gasteiger partial charge in [0.15, 0.2) is 0 Å². The van der Waals surface area contributed by atoms with Crippen LogP contribution in [0.25, 0.3) is 0 Å². The maximum absolute atomic E-state index is 13.1. The van der Waals surface area contributed by atoms with Gasteiger partial charge in [0.1, 0.15) is 0 Å². The number of anilines is 1. The minimum absolute atomic E-state index is 0.00906. The molecule has 1 amide bonds. The lowest BCUT2D eigenvalue weighted by Gasteiger charge is -2.31. The summed E-state index contributed by atoms with van der Waals surface area (Å²) < 4.78 is 32.2. The Bertz CT molecular complexity index is 1060. The van der Waals surface area contributed by atoms with Crippen LogP contribution in [0.3, 0.4) is 0 Å². The number of benzene rings is 2. The number of carbonyl (C=O) groups excluding carboxylic acids is 2. The number of nitrogens with one attached hydrogen (secondary N) is 1. The van der Waals surface area contributed by atoms with Gasteiger partial charge < -0.3 is 10.1 Å². The Morgan fingerprint density at radius 1 is 1.07 bits per heavy atom. The van der Waals surface area contributed by atoms with Crippen LogP contribution in [-0.2, 0) is 19.6 Å². The third-order valence-electron chi connectivity index (χ3n) is 5.39. The number of sulfonamides is 1. The molecule has 8 heteroatoms. The van der Waals surface area contributed by atoms with Crippen molar-refractivity contribution in [1.82, 2.24) is 4.31 Å². The maximum atomic E-state index is 13.1. The molecule has 1 saturated heterocycles. The highest BCUT2D eigenvalue weighted by Crippen LogP contribution is 2.27. The number of piperidine rings is 1. The van der Waals surface area contributed by atoms with Gasteiger partial charge in [-0.05, 0) is 56.0 Å². The number of aryl methyl sites for hydroxylation is 2. The average Bonchev–Trinajstić information content (AvgIpc) is 2.75. The number of hydrogen-bond acceptors (Lipinski definition) is 5. The number of ether oxygens (including phenoxy) is 1. The van der Waals surface area contributed by atoms with Gasteiger partial charge in [-0.2, -0.15) is 4.31 Å². The number of nitrogens with zero attached hydrogens (tertiary/aromatic N) is 1. The second-order valence-electron chi connectivity index (χ2n) is 7.47. The SMILES string of the molecule is COC(=O)c1ccccc1S(=O)(=O)N1CCC(C(=O)Nc2cc(C)ccc2C)CC1. The number of amides is 1. The van der Waals surface area contributed by atoms with Crippen molar-refractivity contribution < 1.29 is 22.7 Å². The molecule has 1 N–H and O–H groups in total. The fraction of sp³-hybridized carbons (Fsp3) is 0.364. The number of rotatable bonds is 5. The Labute approximate surface area is 177 Å². The summed E-state index contributed by atoms with van der Waals surface area (Å²) in [4.78, 5) is 24.6. The molecule has 0 saturated carbocycles. The Hall–Kier alpha value is -2.71. The van der Waals surface area contributed by atoms with E-state index in [4.69, 9.17) is 4.74 Å². The van der Waals surface area contributed by atoms with E-state index in [0.717, 1.165) is 16.8 Å². The van der Waals surface area contributed by atoms with E-state index >= 15 is 0 Å². The van der Waals surface area contributed by atoms with E-state index < -0.39 is 16.0 Å². The molecular weight excluding hydrogens is 404 g/mol. The molecule has 3 rings (SSSR count). The standard InChI is InChI=1S/C22H26N2O5S/c1-15-8-9-16(2)19(14-15)23-21(25)17-10-12-24(13-11-17)30(27,28)20-7-5-4-6-18(20)22(26)29-3/h4-9,14,17H,10-13H2,1-3H3,(H,23,25). The summed E-state index contributed by atoms with van der Waals surface area (Å²) in [6.45, 7) is 4.32. The number of carbonyl (C=O) groups is 2. The average molecular weight is 431 g/mol. The minimum atomic E-state index is -3.87. The fourth-order valence-corrected chi connectivity index (χ4v) is 5.22. The predicted molar refractivity (Wildman–Crippen MR) is 114 cm³/mol.